The van der Waals surface area contributed by atoms with Crippen molar-refractivity contribution in [3.8, 4) is 5.88 Å². The normalized spacial score (nSPS) is 15.7. The molecule has 9 heteroatoms. The predicted molar refractivity (Wildman–Crippen MR) is 97.2 cm³/mol. The minimum atomic E-state index is 0.0973. The molecule has 130 valence electrons. The van der Waals surface area contributed by atoms with Gasteiger partial charge in [0, 0.05) is 34.9 Å². The van der Waals surface area contributed by atoms with E-state index in [-0.39, 0.29) is 11.8 Å². The highest BCUT2D eigenvalue weighted by molar-refractivity contribution is 9.10. The molecule has 0 bridgehead atoms. The zero-order valence-electron chi connectivity index (χ0n) is 13.6. The summed E-state index contributed by atoms with van der Waals surface area (Å²) in [4.78, 5) is 15.2. The van der Waals surface area contributed by atoms with Crippen LogP contribution in [0.1, 0.15) is 34.3 Å². The molecule has 1 amide bonds. The molecular formula is C16H16BrN5O2S. The molecule has 0 saturated carbocycles. The molecule has 3 aromatic heterocycles. The SMILES string of the molecule is COc1ccc2nnc(C3CCN(C(=O)c4cc(Br)cs4)CC3)n2n1. The van der Waals surface area contributed by atoms with Gasteiger partial charge in [0.1, 0.15) is 0 Å². The van der Waals surface area contributed by atoms with Crippen LogP contribution >= 0.6 is 27.3 Å². The maximum atomic E-state index is 12.6. The van der Waals surface area contributed by atoms with Crippen LogP contribution in [0.5, 0.6) is 5.88 Å². The molecule has 4 rings (SSSR count). The van der Waals surface area contributed by atoms with Gasteiger partial charge in [0.15, 0.2) is 11.5 Å². The van der Waals surface area contributed by atoms with E-state index >= 15 is 0 Å². The molecule has 7 nitrogen and oxygen atoms in total. The largest absolute Gasteiger partial charge is 0.480 e. The predicted octanol–water partition coefficient (Wildman–Crippen LogP) is 2.98. The Balaban J connectivity index is 1.49. The number of likely N-dealkylation sites (tertiary alicyclic amines) is 1. The van der Waals surface area contributed by atoms with Gasteiger partial charge in [0.2, 0.25) is 5.88 Å². The van der Waals surface area contributed by atoms with Crippen molar-refractivity contribution in [3.05, 3.63) is 38.8 Å². The highest BCUT2D eigenvalue weighted by Crippen LogP contribution is 2.29. The summed E-state index contributed by atoms with van der Waals surface area (Å²) in [6.07, 6.45) is 1.69. The fourth-order valence-electron chi connectivity index (χ4n) is 3.07. The Bertz CT molecular complexity index is 916. The number of hydrogen-bond acceptors (Lipinski definition) is 6. The highest BCUT2D eigenvalue weighted by atomic mass is 79.9. The summed E-state index contributed by atoms with van der Waals surface area (Å²) in [6.45, 7) is 1.41. The van der Waals surface area contributed by atoms with Gasteiger partial charge in [-0.25, -0.2) is 0 Å². The molecule has 0 unspecified atom stereocenters. The van der Waals surface area contributed by atoms with E-state index in [2.05, 4.69) is 31.2 Å². The first-order valence-electron chi connectivity index (χ1n) is 7.95. The summed E-state index contributed by atoms with van der Waals surface area (Å²) in [5.41, 5.74) is 0.706. The molecule has 1 aliphatic heterocycles. The summed E-state index contributed by atoms with van der Waals surface area (Å²) >= 11 is 4.87. The Morgan fingerprint density at radius 2 is 2.12 bits per heavy atom. The van der Waals surface area contributed by atoms with Crippen LogP contribution in [0.25, 0.3) is 5.65 Å². The number of fused-ring (bicyclic) bond motifs is 1. The third-order valence-electron chi connectivity index (χ3n) is 4.40. The van der Waals surface area contributed by atoms with E-state index < -0.39 is 0 Å². The molecule has 0 aromatic carbocycles. The third kappa shape index (κ3) is 3.13. The fourth-order valence-corrected chi connectivity index (χ4v) is 4.47. The number of rotatable bonds is 3. The van der Waals surface area contributed by atoms with Crippen molar-refractivity contribution in [2.45, 2.75) is 18.8 Å². The van der Waals surface area contributed by atoms with Gasteiger partial charge in [-0.15, -0.1) is 26.6 Å². The van der Waals surface area contributed by atoms with Gasteiger partial charge in [-0.3, -0.25) is 4.79 Å². The van der Waals surface area contributed by atoms with Crippen molar-refractivity contribution < 1.29 is 9.53 Å². The van der Waals surface area contributed by atoms with Gasteiger partial charge >= 0.3 is 0 Å². The van der Waals surface area contributed by atoms with E-state index in [0.717, 1.165) is 28.0 Å². The molecule has 0 radical (unpaired) electrons. The van der Waals surface area contributed by atoms with Gasteiger partial charge in [-0.1, -0.05) is 0 Å². The van der Waals surface area contributed by atoms with Crippen LogP contribution in [-0.2, 0) is 0 Å². The van der Waals surface area contributed by atoms with Gasteiger partial charge in [-0.05, 0) is 40.9 Å². The summed E-state index contributed by atoms with van der Waals surface area (Å²) in [6, 6.07) is 5.49. The number of halogens is 1. The van der Waals surface area contributed by atoms with Crippen LogP contribution in [0.2, 0.25) is 0 Å². The minimum absolute atomic E-state index is 0.0973. The molecule has 0 spiro atoms. The number of methoxy groups -OCH3 is 1. The average molecular weight is 422 g/mol. The lowest BCUT2D eigenvalue weighted by Gasteiger charge is -2.30. The number of aromatic nitrogens is 4. The molecule has 0 aliphatic carbocycles. The zero-order chi connectivity index (χ0) is 17.4. The molecule has 3 aromatic rings. The number of carbonyl (C=O) groups is 1. The Morgan fingerprint density at radius 1 is 1.32 bits per heavy atom. The van der Waals surface area contributed by atoms with E-state index in [0.29, 0.717) is 24.6 Å². The fraction of sp³-hybridized carbons (Fsp3) is 0.375. The highest BCUT2D eigenvalue weighted by Gasteiger charge is 2.28. The number of nitrogens with zero attached hydrogens (tertiary/aromatic N) is 5. The van der Waals surface area contributed by atoms with Gasteiger partial charge < -0.3 is 9.64 Å². The lowest BCUT2D eigenvalue weighted by molar-refractivity contribution is 0.0715. The maximum absolute atomic E-state index is 12.6. The summed E-state index contributed by atoms with van der Waals surface area (Å²) in [5.74, 6) is 1.69. The molecule has 25 heavy (non-hydrogen) atoms. The molecular weight excluding hydrogens is 406 g/mol. The first kappa shape index (κ1) is 16.5. The average Bonchev–Trinajstić information content (AvgIpc) is 3.27. The van der Waals surface area contributed by atoms with Crippen molar-refractivity contribution >= 4 is 38.8 Å². The molecule has 0 atom stereocenters. The van der Waals surface area contributed by atoms with Crippen LogP contribution in [0.3, 0.4) is 0 Å². The number of amides is 1. The van der Waals surface area contributed by atoms with Crippen LogP contribution in [0, 0.1) is 0 Å². The Kier molecular flexibility index (Phi) is 4.43. The maximum Gasteiger partial charge on any atom is 0.263 e. The summed E-state index contributed by atoms with van der Waals surface area (Å²) < 4.78 is 7.89. The van der Waals surface area contributed by atoms with Crippen molar-refractivity contribution in [1.29, 1.82) is 0 Å². The monoisotopic (exact) mass is 421 g/mol. The Morgan fingerprint density at radius 3 is 2.80 bits per heavy atom. The number of piperidine rings is 1. The molecule has 1 saturated heterocycles. The van der Waals surface area contributed by atoms with Crippen molar-refractivity contribution in [2.24, 2.45) is 0 Å². The summed E-state index contributed by atoms with van der Waals surface area (Å²) in [5, 5.41) is 14.8. The van der Waals surface area contributed by atoms with E-state index in [9.17, 15) is 4.79 Å². The molecule has 1 aliphatic rings. The first-order valence-corrected chi connectivity index (χ1v) is 9.62. The van der Waals surface area contributed by atoms with E-state index in [4.69, 9.17) is 4.74 Å². The third-order valence-corrected chi connectivity index (χ3v) is 6.08. The van der Waals surface area contributed by atoms with Gasteiger partial charge in [-0.2, -0.15) is 4.52 Å². The van der Waals surface area contributed by atoms with Crippen LogP contribution in [0.4, 0.5) is 0 Å². The smallest absolute Gasteiger partial charge is 0.263 e. The first-order chi connectivity index (χ1) is 12.2. The molecule has 4 heterocycles. The second-order valence-electron chi connectivity index (χ2n) is 5.90. The van der Waals surface area contributed by atoms with Gasteiger partial charge in [0.05, 0.1) is 12.0 Å². The molecule has 1 fully saturated rings. The Hall–Kier alpha value is -2.00. The van der Waals surface area contributed by atoms with Crippen molar-refractivity contribution in [1.82, 2.24) is 24.7 Å². The van der Waals surface area contributed by atoms with E-state index in [1.807, 2.05) is 22.4 Å². The van der Waals surface area contributed by atoms with Crippen LogP contribution < -0.4 is 4.74 Å². The van der Waals surface area contributed by atoms with Crippen molar-refractivity contribution in [2.75, 3.05) is 20.2 Å². The van der Waals surface area contributed by atoms with E-state index in [1.165, 1.54) is 11.3 Å². The number of ether oxygens (including phenoxy) is 1. The lowest BCUT2D eigenvalue weighted by Crippen LogP contribution is -2.38. The molecule has 0 N–H and O–H groups in total. The second-order valence-corrected chi connectivity index (χ2v) is 7.73. The van der Waals surface area contributed by atoms with Gasteiger partial charge in [0.25, 0.3) is 5.91 Å². The number of carbonyl (C=O) groups excluding carboxylic acids is 1. The van der Waals surface area contributed by atoms with Crippen LogP contribution in [0.15, 0.2) is 28.1 Å². The Labute approximate surface area is 156 Å². The number of thiophene rings is 1. The van der Waals surface area contributed by atoms with E-state index in [1.54, 1.807) is 17.7 Å². The topological polar surface area (TPSA) is 72.6 Å². The standard InChI is InChI=1S/C16H16BrN5O2S/c1-24-14-3-2-13-18-19-15(22(13)20-14)10-4-6-21(7-5-10)16(23)12-8-11(17)9-25-12/h2-3,8-10H,4-7H2,1H3. The van der Waals surface area contributed by atoms with Crippen LogP contribution in [-0.4, -0.2) is 50.8 Å². The second kappa shape index (κ2) is 6.72. The summed E-state index contributed by atoms with van der Waals surface area (Å²) in [7, 11) is 1.59. The zero-order valence-corrected chi connectivity index (χ0v) is 16.0. The minimum Gasteiger partial charge on any atom is -0.480 e. The number of hydrogen-bond donors (Lipinski definition) is 0. The van der Waals surface area contributed by atoms with Crippen molar-refractivity contribution in [3.63, 3.8) is 0 Å². The quantitative estimate of drug-likeness (QED) is 0.649. The lowest BCUT2D eigenvalue weighted by atomic mass is 9.96.